The van der Waals surface area contributed by atoms with Crippen LogP contribution in [-0.4, -0.2) is 25.2 Å². The van der Waals surface area contributed by atoms with Gasteiger partial charge in [-0.1, -0.05) is 0 Å². The Balaban J connectivity index is 2.56. The highest BCUT2D eigenvalue weighted by molar-refractivity contribution is 5.91. The lowest BCUT2D eigenvalue weighted by Crippen LogP contribution is -2.02. The first-order chi connectivity index (χ1) is 9.15. The van der Waals surface area contributed by atoms with Crippen LogP contribution < -0.4 is 4.74 Å². The monoisotopic (exact) mass is 261 g/mol. The van der Waals surface area contributed by atoms with Crippen LogP contribution in [0.3, 0.4) is 0 Å². The fraction of sp³-hybridized carbons (Fsp3) is 0.143. The van der Waals surface area contributed by atoms with Gasteiger partial charge in [0.2, 0.25) is 0 Å². The van der Waals surface area contributed by atoms with E-state index in [1.807, 2.05) is 0 Å². The summed E-state index contributed by atoms with van der Waals surface area (Å²) in [5.41, 5.74) is 1.05. The van der Waals surface area contributed by atoms with Crippen molar-refractivity contribution >= 4 is 5.97 Å². The van der Waals surface area contributed by atoms with Crippen LogP contribution in [0, 0.1) is 5.82 Å². The summed E-state index contributed by atoms with van der Waals surface area (Å²) < 4.78 is 23.3. The molecule has 0 saturated heterocycles. The second-order valence-corrected chi connectivity index (χ2v) is 3.77. The van der Waals surface area contributed by atoms with Crippen LogP contribution >= 0.6 is 0 Å². The number of aromatic nitrogens is 1. The third kappa shape index (κ3) is 2.70. The molecule has 0 atom stereocenters. The maximum Gasteiger partial charge on any atom is 0.337 e. The normalized spacial score (nSPS) is 10.1. The molecule has 0 aliphatic rings. The molecule has 0 fully saturated rings. The molecule has 1 aromatic carbocycles. The van der Waals surface area contributed by atoms with Gasteiger partial charge in [-0.2, -0.15) is 0 Å². The summed E-state index contributed by atoms with van der Waals surface area (Å²) in [6, 6.07) is 7.34. The second kappa shape index (κ2) is 5.48. The van der Waals surface area contributed by atoms with Gasteiger partial charge in [0.05, 0.1) is 19.8 Å². The van der Waals surface area contributed by atoms with Gasteiger partial charge in [-0.25, -0.2) is 9.18 Å². The number of pyridine rings is 1. The first-order valence-corrected chi connectivity index (χ1v) is 5.54. The van der Waals surface area contributed by atoms with E-state index in [0.717, 1.165) is 6.07 Å². The largest absolute Gasteiger partial charge is 0.494 e. The molecule has 98 valence electrons. The summed E-state index contributed by atoms with van der Waals surface area (Å²) in [5.74, 6) is -0.634. The number of benzene rings is 1. The highest BCUT2D eigenvalue weighted by atomic mass is 19.1. The molecule has 1 aromatic heterocycles. The molecule has 0 aliphatic heterocycles. The highest BCUT2D eigenvalue weighted by Gasteiger charge is 2.13. The quantitative estimate of drug-likeness (QED) is 0.797. The Morgan fingerprint density at radius 3 is 2.74 bits per heavy atom. The minimum atomic E-state index is -0.601. The average Bonchev–Trinajstić information content (AvgIpc) is 2.45. The number of ether oxygens (including phenoxy) is 2. The second-order valence-electron chi connectivity index (χ2n) is 3.77. The van der Waals surface area contributed by atoms with E-state index in [4.69, 9.17) is 4.74 Å². The lowest BCUT2D eigenvalue weighted by molar-refractivity contribution is 0.0600. The lowest BCUT2D eigenvalue weighted by Gasteiger charge is -2.08. The maximum atomic E-state index is 13.6. The topological polar surface area (TPSA) is 48.4 Å². The predicted molar refractivity (Wildman–Crippen MR) is 67.5 cm³/mol. The summed E-state index contributed by atoms with van der Waals surface area (Å²) in [6.07, 6.45) is 1.57. The van der Waals surface area contributed by atoms with E-state index in [-0.39, 0.29) is 5.56 Å². The van der Waals surface area contributed by atoms with Crippen LogP contribution in [-0.2, 0) is 4.74 Å². The van der Waals surface area contributed by atoms with Crippen molar-refractivity contribution in [1.82, 2.24) is 4.98 Å². The van der Waals surface area contributed by atoms with Crippen molar-refractivity contribution in [2.24, 2.45) is 0 Å². The highest BCUT2D eigenvalue weighted by Crippen LogP contribution is 2.28. The first kappa shape index (κ1) is 13.0. The molecular weight excluding hydrogens is 249 g/mol. The minimum Gasteiger partial charge on any atom is -0.494 e. The van der Waals surface area contributed by atoms with Crippen LogP contribution in [0.25, 0.3) is 11.3 Å². The van der Waals surface area contributed by atoms with E-state index < -0.39 is 11.8 Å². The van der Waals surface area contributed by atoms with Crippen molar-refractivity contribution in [2.75, 3.05) is 14.2 Å². The number of methoxy groups -OCH3 is 2. The number of carbonyl (C=O) groups is 1. The number of halogens is 1. The van der Waals surface area contributed by atoms with Gasteiger partial charge in [0.25, 0.3) is 0 Å². The Morgan fingerprint density at radius 2 is 2.05 bits per heavy atom. The Hall–Kier alpha value is -2.43. The Bertz CT molecular complexity index is 613. The Morgan fingerprint density at radius 1 is 1.26 bits per heavy atom. The van der Waals surface area contributed by atoms with Gasteiger partial charge in [-0.3, -0.25) is 4.98 Å². The molecule has 5 heteroatoms. The van der Waals surface area contributed by atoms with Gasteiger partial charge in [0.1, 0.15) is 17.3 Å². The molecule has 2 aromatic rings. The number of nitrogens with zero attached hydrogens (tertiary/aromatic N) is 1. The zero-order valence-electron chi connectivity index (χ0n) is 10.5. The van der Waals surface area contributed by atoms with E-state index in [9.17, 15) is 9.18 Å². The smallest absolute Gasteiger partial charge is 0.337 e. The molecule has 0 spiro atoms. The molecule has 0 saturated carbocycles. The van der Waals surface area contributed by atoms with Gasteiger partial charge in [0, 0.05) is 11.8 Å². The van der Waals surface area contributed by atoms with Crippen molar-refractivity contribution in [2.45, 2.75) is 0 Å². The molecule has 0 radical (unpaired) electrons. The molecule has 0 amide bonds. The number of rotatable bonds is 3. The molecule has 0 N–H and O–H groups in total. The number of carbonyl (C=O) groups excluding carboxylic acids is 1. The number of hydrogen-bond acceptors (Lipinski definition) is 4. The predicted octanol–water partition coefficient (Wildman–Crippen LogP) is 2.68. The van der Waals surface area contributed by atoms with Gasteiger partial charge >= 0.3 is 5.97 Å². The van der Waals surface area contributed by atoms with Gasteiger partial charge < -0.3 is 9.47 Å². The SMILES string of the molecule is COC(=O)c1cc(F)cc(-c2ncccc2OC)c1. The lowest BCUT2D eigenvalue weighted by atomic mass is 10.1. The molecule has 2 rings (SSSR count). The molecule has 0 bridgehead atoms. The Labute approximate surface area is 109 Å². The molecule has 0 aliphatic carbocycles. The molecule has 1 heterocycles. The van der Waals surface area contributed by atoms with Crippen molar-refractivity contribution < 1.29 is 18.7 Å². The third-order valence-corrected chi connectivity index (χ3v) is 2.58. The summed E-state index contributed by atoms with van der Waals surface area (Å²) in [6.45, 7) is 0. The Kier molecular flexibility index (Phi) is 3.75. The average molecular weight is 261 g/mol. The first-order valence-electron chi connectivity index (χ1n) is 5.54. The summed E-state index contributed by atoms with van der Waals surface area (Å²) >= 11 is 0. The number of esters is 1. The summed E-state index contributed by atoms with van der Waals surface area (Å²) in [4.78, 5) is 15.6. The van der Waals surface area contributed by atoms with E-state index in [1.165, 1.54) is 26.4 Å². The molecule has 19 heavy (non-hydrogen) atoms. The van der Waals surface area contributed by atoms with Gasteiger partial charge in [0.15, 0.2) is 0 Å². The van der Waals surface area contributed by atoms with E-state index in [2.05, 4.69) is 9.72 Å². The van der Waals surface area contributed by atoms with E-state index in [0.29, 0.717) is 17.0 Å². The molecule has 0 unspecified atom stereocenters. The van der Waals surface area contributed by atoms with Crippen molar-refractivity contribution in [3.63, 3.8) is 0 Å². The van der Waals surface area contributed by atoms with Crippen LogP contribution in [0.5, 0.6) is 5.75 Å². The van der Waals surface area contributed by atoms with Crippen LogP contribution in [0.15, 0.2) is 36.5 Å². The third-order valence-electron chi connectivity index (χ3n) is 2.58. The van der Waals surface area contributed by atoms with Crippen molar-refractivity contribution in [3.05, 3.63) is 47.9 Å². The zero-order valence-corrected chi connectivity index (χ0v) is 10.5. The molecule has 4 nitrogen and oxygen atoms in total. The van der Waals surface area contributed by atoms with E-state index in [1.54, 1.807) is 18.3 Å². The van der Waals surface area contributed by atoms with Crippen LogP contribution in [0.4, 0.5) is 4.39 Å². The van der Waals surface area contributed by atoms with Gasteiger partial charge in [-0.15, -0.1) is 0 Å². The minimum absolute atomic E-state index is 0.130. The van der Waals surface area contributed by atoms with Gasteiger partial charge in [-0.05, 0) is 30.3 Å². The number of hydrogen-bond donors (Lipinski definition) is 0. The fourth-order valence-corrected chi connectivity index (χ4v) is 1.73. The zero-order chi connectivity index (χ0) is 13.8. The van der Waals surface area contributed by atoms with Crippen LogP contribution in [0.2, 0.25) is 0 Å². The van der Waals surface area contributed by atoms with Crippen molar-refractivity contribution in [3.8, 4) is 17.0 Å². The van der Waals surface area contributed by atoms with Crippen LogP contribution in [0.1, 0.15) is 10.4 Å². The summed E-state index contributed by atoms with van der Waals surface area (Å²) in [5, 5.41) is 0. The molecular formula is C14H12FNO3. The maximum absolute atomic E-state index is 13.6. The van der Waals surface area contributed by atoms with E-state index >= 15 is 0 Å². The van der Waals surface area contributed by atoms with Crippen molar-refractivity contribution in [1.29, 1.82) is 0 Å². The summed E-state index contributed by atoms with van der Waals surface area (Å²) in [7, 11) is 2.75. The fourth-order valence-electron chi connectivity index (χ4n) is 1.73. The standard InChI is InChI=1S/C14H12FNO3/c1-18-12-4-3-5-16-13(12)9-6-10(14(17)19-2)8-11(15)7-9/h3-8H,1-2H3.